The third-order valence-corrected chi connectivity index (χ3v) is 2.94. The van der Waals surface area contributed by atoms with Crippen molar-refractivity contribution in [2.75, 3.05) is 6.54 Å². The van der Waals surface area contributed by atoms with Gasteiger partial charge in [-0.1, -0.05) is 24.3 Å². The molecule has 18 heavy (non-hydrogen) atoms. The van der Waals surface area contributed by atoms with Crippen LogP contribution in [0.5, 0.6) is 0 Å². The maximum Gasteiger partial charge on any atom is 0.0455 e. The number of hydrogen-bond donors (Lipinski definition) is 2. The van der Waals surface area contributed by atoms with Crippen molar-refractivity contribution in [1.29, 1.82) is 0 Å². The van der Waals surface area contributed by atoms with Gasteiger partial charge in [-0.3, -0.25) is 0 Å². The van der Waals surface area contributed by atoms with E-state index in [0.717, 1.165) is 5.56 Å². The lowest BCUT2D eigenvalue weighted by atomic mass is 10.2. The first-order valence-electron chi connectivity index (χ1n) is 6.01. The number of rotatable bonds is 4. The molecule has 3 heteroatoms. The Labute approximate surface area is 107 Å². The minimum absolute atomic E-state index is 0.456. The van der Waals surface area contributed by atoms with Gasteiger partial charge in [0.15, 0.2) is 0 Å². The second-order valence-corrected chi connectivity index (χ2v) is 4.31. The van der Waals surface area contributed by atoms with Crippen molar-refractivity contribution in [1.82, 2.24) is 10.0 Å². The molecule has 0 unspecified atom stereocenters. The Balaban J connectivity index is 2.23. The van der Waals surface area contributed by atoms with E-state index in [2.05, 4.69) is 60.3 Å². The maximum atomic E-state index is 8.47. The van der Waals surface area contributed by atoms with Gasteiger partial charge in [-0.15, -0.1) is 0 Å². The molecule has 0 saturated heterocycles. The summed E-state index contributed by atoms with van der Waals surface area (Å²) in [5, 5.41) is 8.47. The van der Waals surface area contributed by atoms with E-state index in [-0.39, 0.29) is 0 Å². The van der Waals surface area contributed by atoms with Crippen LogP contribution in [0.2, 0.25) is 0 Å². The monoisotopic (exact) mass is 242 g/mol. The molecule has 0 fully saturated rings. The molecular formula is C15H18N2O. The Kier molecular flexibility index (Phi) is 3.97. The van der Waals surface area contributed by atoms with E-state index in [0.29, 0.717) is 6.54 Å². The Bertz CT molecular complexity index is 519. The lowest BCUT2D eigenvalue weighted by Crippen LogP contribution is -2.04. The fraction of sp³-hybridized carbons (Fsp3) is 0.200. The van der Waals surface area contributed by atoms with Gasteiger partial charge in [0.25, 0.3) is 0 Å². The predicted molar refractivity (Wildman–Crippen MR) is 74.1 cm³/mol. The summed E-state index contributed by atoms with van der Waals surface area (Å²) in [5.74, 6) is 0. The van der Waals surface area contributed by atoms with Crippen LogP contribution in [-0.2, 0) is 0 Å². The van der Waals surface area contributed by atoms with Crippen LogP contribution in [0.1, 0.15) is 17.0 Å². The fourth-order valence-electron chi connectivity index (χ4n) is 2.06. The average Bonchev–Trinajstić information content (AvgIpc) is 2.71. The van der Waals surface area contributed by atoms with Gasteiger partial charge in [0.05, 0.1) is 0 Å². The summed E-state index contributed by atoms with van der Waals surface area (Å²) < 4.78 is 2.22. The summed E-state index contributed by atoms with van der Waals surface area (Å²) >= 11 is 0. The summed E-state index contributed by atoms with van der Waals surface area (Å²) in [7, 11) is 0. The maximum absolute atomic E-state index is 8.47. The zero-order chi connectivity index (χ0) is 13.0. The minimum atomic E-state index is 0.456. The van der Waals surface area contributed by atoms with Gasteiger partial charge in [0, 0.05) is 23.6 Å². The van der Waals surface area contributed by atoms with E-state index >= 15 is 0 Å². The van der Waals surface area contributed by atoms with Crippen molar-refractivity contribution in [3.05, 3.63) is 59.4 Å². The second-order valence-electron chi connectivity index (χ2n) is 4.31. The van der Waals surface area contributed by atoms with Crippen LogP contribution in [0.3, 0.4) is 0 Å². The van der Waals surface area contributed by atoms with Crippen molar-refractivity contribution < 1.29 is 5.21 Å². The van der Waals surface area contributed by atoms with Crippen LogP contribution in [0.25, 0.3) is 11.8 Å². The molecule has 1 heterocycles. The molecule has 94 valence electrons. The normalized spacial score (nSPS) is 11.3. The summed E-state index contributed by atoms with van der Waals surface area (Å²) in [6, 6.07) is 12.6. The van der Waals surface area contributed by atoms with E-state index in [1.807, 2.05) is 12.2 Å². The molecule has 0 aliphatic carbocycles. The van der Waals surface area contributed by atoms with Crippen LogP contribution in [-0.4, -0.2) is 16.3 Å². The number of aryl methyl sites for hydroxylation is 2. The highest BCUT2D eigenvalue weighted by Crippen LogP contribution is 2.17. The number of hydroxylamine groups is 1. The number of aromatic nitrogens is 1. The standard InChI is InChI=1S/C15H18N2O/c1-12-5-6-13(2)17(12)15-9-7-14(8-10-15)4-3-11-16-18/h3-10,16,18H,11H2,1-2H3/b4-3+. The van der Waals surface area contributed by atoms with Crippen LogP contribution >= 0.6 is 0 Å². The smallest absolute Gasteiger partial charge is 0.0455 e. The zero-order valence-corrected chi connectivity index (χ0v) is 10.7. The van der Waals surface area contributed by atoms with Crippen LogP contribution in [0.4, 0.5) is 0 Å². The number of hydrogen-bond acceptors (Lipinski definition) is 2. The van der Waals surface area contributed by atoms with Crippen molar-refractivity contribution in [3.8, 4) is 5.69 Å². The molecule has 2 N–H and O–H groups in total. The van der Waals surface area contributed by atoms with Crippen molar-refractivity contribution in [2.24, 2.45) is 0 Å². The average molecular weight is 242 g/mol. The summed E-state index contributed by atoms with van der Waals surface area (Å²) in [4.78, 5) is 0. The Morgan fingerprint density at radius 1 is 1.06 bits per heavy atom. The predicted octanol–water partition coefficient (Wildman–Crippen LogP) is 3.09. The molecule has 0 spiro atoms. The van der Waals surface area contributed by atoms with Crippen LogP contribution in [0, 0.1) is 13.8 Å². The highest BCUT2D eigenvalue weighted by Gasteiger charge is 2.02. The van der Waals surface area contributed by atoms with Crippen molar-refractivity contribution in [3.63, 3.8) is 0 Å². The van der Waals surface area contributed by atoms with E-state index in [1.54, 1.807) is 0 Å². The second kappa shape index (κ2) is 5.67. The van der Waals surface area contributed by atoms with E-state index in [9.17, 15) is 0 Å². The molecule has 0 atom stereocenters. The third-order valence-electron chi connectivity index (χ3n) is 2.94. The Hall–Kier alpha value is -1.84. The molecule has 1 aromatic carbocycles. The molecule has 2 rings (SSSR count). The molecule has 0 amide bonds. The van der Waals surface area contributed by atoms with Gasteiger partial charge >= 0.3 is 0 Å². The molecule has 2 aromatic rings. The van der Waals surface area contributed by atoms with Gasteiger partial charge in [0.2, 0.25) is 0 Å². The van der Waals surface area contributed by atoms with Crippen molar-refractivity contribution >= 4 is 6.08 Å². The third kappa shape index (κ3) is 2.70. The molecule has 3 nitrogen and oxygen atoms in total. The van der Waals surface area contributed by atoms with E-state index in [4.69, 9.17) is 5.21 Å². The molecule has 0 aliphatic rings. The lowest BCUT2D eigenvalue weighted by Gasteiger charge is -2.09. The SMILES string of the molecule is Cc1ccc(C)n1-c1ccc(/C=C/CNO)cc1. The van der Waals surface area contributed by atoms with Gasteiger partial charge in [0.1, 0.15) is 0 Å². The van der Waals surface area contributed by atoms with Crippen LogP contribution in [0.15, 0.2) is 42.5 Å². The fourth-order valence-corrected chi connectivity index (χ4v) is 2.06. The first-order valence-corrected chi connectivity index (χ1v) is 6.01. The summed E-state index contributed by atoms with van der Waals surface area (Å²) in [5.41, 5.74) is 6.86. The van der Waals surface area contributed by atoms with E-state index < -0.39 is 0 Å². The topological polar surface area (TPSA) is 37.2 Å². The quantitative estimate of drug-likeness (QED) is 0.808. The largest absolute Gasteiger partial charge is 0.319 e. The van der Waals surface area contributed by atoms with Gasteiger partial charge < -0.3 is 9.77 Å². The number of nitrogens with zero attached hydrogens (tertiary/aromatic N) is 1. The molecule has 0 bridgehead atoms. The molecule has 0 aliphatic heterocycles. The molecular weight excluding hydrogens is 224 g/mol. The number of nitrogens with one attached hydrogen (secondary N) is 1. The highest BCUT2D eigenvalue weighted by molar-refractivity contribution is 5.52. The van der Waals surface area contributed by atoms with Gasteiger partial charge in [-0.05, 0) is 43.7 Å². The first kappa shape index (κ1) is 12.6. The molecule has 1 aromatic heterocycles. The summed E-state index contributed by atoms with van der Waals surface area (Å²) in [6.45, 7) is 4.67. The molecule has 0 radical (unpaired) electrons. The number of benzene rings is 1. The Morgan fingerprint density at radius 3 is 2.22 bits per heavy atom. The van der Waals surface area contributed by atoms with Crippen molar-refractivity contribution in [2.45, 2.75) is 13.8 Å². The molecule has 0 saturated carbocycles. The first-order chi connectivity index (χ1) is 8.72. The van der Waals surface area contributed by atoms with E-state index in [1.165, 1.54) is 17.1 Å². The minimum Gasteiger partial charge on any atom is -0.319 e. The lowest BCUT2D eigenvalue weighted by molar-refractivity contribution is 0.180. The van der Waals surface area contributed by atoms with Crippen LogP contribution < -0.4 is 5.48 Å². The van der Waals surface area contributed by atoms with Gasteiger partial charge in [-0.25, -0.2) is 5.48 Å². The van der Waals surface area contributed by atoms with Gasteiger partial charge in [-0.2, -0.15) is 0 Å². The zero-order valence-electron chi connectivity index (χ0n) is 10.7. The Morgan fingerprint density at radius 2 is 1.67 bits per heavy atom. The summed E-state index contributed by atoms with van der Waals surface area (Å²) in [6.07, 6.45) is 3.85. The highest BCUT2D eigenvalue weighted by atomic mass is 16.5.